The highest BCUT2D eigenvalue weighted by molar-refractivity contribution is 5.95. The molecule has 2 heterocycles. The Kier molecular flexibility index (Phi) is 7.13. The van der Waals surface area contributed by atoms with Crippen LogP contribution in [-0.4, -0.2) is 72.1 Å². The summed E-state index contributed by atoms with van der Waals surface area (Å²) in [5.41, 5.74) is 1.65. The van der Waals surface area contributed by atoms with Crippen LogP contribution < -0.4 is 0 Å². The molecule has 2 amide bonds. The number of aryl methyl sites for hydroxylation is 1. The van der Waals surface area contributed by atoms with E-state index >= 15 is 0 Å². The average molecular weight is 417 g/mol. The summed E-state index contributed by atoms with van der Waals surface area (Å²) >= 11 is 0. The lowest BCUT2D eigenvalue weighted by Crippen LogP contribution is -2.51. The van der Waals surface area contributed by atoms with Crippen LogP contribution in [0, 0.1) is 12.8 Å². The minimum Gasteiger partial charge on any atom is -0.452 e. The zero-order valence-corrected chi connectivity index (χ0v) is 18.3. The maximum Gasteiger partial charge on any atom is 0.309 e. The molecule has 0 radical (unpaired) electrons. The molecule has 30 heavy (non-hydrogen) atoms. The van der Waals surface area contributed by atoms with Gasteiger partial charge in [0.05, 0.1) is 18.1 Å². The summed E-state index contributed by atoms with van der Waals surface area (Å²) in [6.45, 7) is 9.43. The summed E-state index contributed by atoms with van der Waals surface area (Å²) in [4.78, 5) is 41.5. The first-order valence-corrected chi connectivity index (χ1v) is 10.8. The van der Waals surface area contributed by atoms with E-state index in [0.717, 1.165) is 5.56 Å². The van der Waals surface area contributed by atoms with E-state index in [2.05, 4.69) is 0 Å². The number of rotatable bonds is 4. The Bertz CT molecular complexity index is 778. The van der Waals surface area contributed by atoms with Gasteiger partial charge in [-0.2, -0.15) is 0 Å². The Hall–Kier alpha value is -2.41. The molecule has 0 bridgehead atoms. The van der Waals surface area contributed by atoms with Crippen molar-refractivity contribution in [3.8, 4) is 0 Å². The molecule has 3 rings (SSSR count). The van der Waals surface area contributed by atoms with Gasteiger partial charge in [-0.3, -0.25) is 14.4 Å². The Labute approximate surface area is 178 Å². The number of esters is 1. The lowest BCUT2D eigenvalue weighted by atomic mass is 9.96. The molecule has 1 aromatic rings. The first kappa shape index (κ1) is 22.3. The topological polar surface area (TPSA) is 76.2 Å². The molecule has 0 saturated carbocycles. The van der Waals surface area contributed by atoms with E-state index in [4.69, 9.17) is 9.47 Å². The van der Waals surface area contributed by atoms with Gasteiger partial charge < -0.3 is 19.3 Å². The van der Waals surface area contributed by atoms with E-state index in [-0.39, 0.29) is 35.9 Å². The number of hydrogen-bond acceptors (Lipinski definition) is 5. The molecule has 2 saturated heterocycles. The Balaban J connectivity index is 1.50. The van der Waals surface area contributed by atoms with Crippen molar-refractivity contribution in [2.24, 2.45) is 5.92 Å². The van der Waals surface area contributed by atoms with Gasteiger partial charge in [0.2, 0.25) is 0 Å². The van der Waals surface area contributed by atoms with Crippen LogP contribution in [-0.2, 0) is 19.1 Å². The number of carbonyl (C=O) groups is 3. The standard InChI is InChI=1S/C23H32N2O5/c1-15-7-5-6-8-20(15)22(27)24-11-9-19(10-12-24)23(28)30-18(4)21(26)25-13-16(2)29-17(3)14-25/h5-8,16-19H,9-14H2,1-4H3. The number of ether oxygens (including phenoxy) is 2. The molecule has 7 heteroatoms. The van der Waals surface area contributed by atoms with Crippen LogP contribution in [0.25, 0.3) is 0 Å². The quantitative estimate of drug-likeness (QED) is 0.705. The minimum atomic E-state index is -0.818. The van der Waals surface area contributed by atoms with Gasteiger partial charge in [0.15, 0.2) is 6.10 Å². The average Bonchev–Trinajstić information content (AvgIpc) is 2.72. The molecule has 1 aromatic carbocycles. The van der Waals surface area contributed by atoms with E-state index < -0.39 is 6.10 Å². The molecule has 3 unspecified atom stereocenters. The summed E-state index contributed by atoms with van der Waals surface area (Å²) < 4.78 is 11.2. The molecule has 0 spiro atoms. The number of amides is 2. The maximum atomic E-state index is 12.7. The lowest BCUT2D eigenvalue weighted by molar-refractivity contribution is -0.167. The fourth-order valence-electron chi connectivity index (χ4n) is 4.24. The second-order valence-corrected chi connectivity index (χ2v) is 8.46. The number of nitrogens with zero attached hydrogens (tertiary/aromatic N) is 2. The van der Waals surface area contributed by atoms with Gasteiger partial charge in [0.1, 0.15) is 0 Å². The molecular formula is C23H32N2O5. The molecular weight excluding hydrogens is 384 g/mol. The first-order valence-electron chi connectivity index (χ1n) is 10.8. The van der Waals surface area contributed by atoms with Gasteiger partial charge in [0.25, 0.3) is 11.8 Å². The first-order chi connectivity index (χ1) is 14.3. The van der Waals surface area contributed by atoms with Gasteiger partial charge in [-0.1, -0.05) is 18.2 Å². The van der Waals surface area contributed by atoms with Crippen molar-refractivity contribution in [1.29, 1.82) is 0 Å². The van der Waals surface area contributed by atoms with Gasteiger partial charge in [-0.25, -0.2) is 0 Å². The summed E-state index contributed by atoms with van der Waals surface area (Å²) in [6, 6.07) is 7.53. The molecule has 7 nitrogen and oxygen atoms in total. The van der Waals surface area contributed by atoms with E-state index in [1.165, 1.54) is 0 Å². The molecule has 0 aliphatic carbocycles. The zero-order chi connectivity index (χ0) is 21.8. The molecule has 0 N–H and O–H groups in total. The van der Waals surface area contributed by atoms with Crippen LogP contribution in [0.4, 0.5) is 0 Å². The van der Waals surface area contributed by atoms with E-state index in [0.29, 0.717) is 44.6 Å². The summed E-state index contributed by atoms with van der Waals surface area (Å²) in [5.74, 6) is -0.826. The zero-order valence-electron chi connectivity index (χ0n) is 18.3. The maximum absolute atomic E-state index is 12.7. The van der Waals surface area contributed by atoms with Crippen molar-refractivity contribution < 1.29 is 23.9 Å². The summed E-state index contributed by atoms with van der Waals surface area (Å²) in [6.07, 6.45) is 0.208. The third kappa shape index (κ3) is 5.19. The Morgan fingerprint density at radius 2 is 1.63 bits per heavy atom. The van der Waals surface area contributed by atoms with E-state index in [1.807, 2.05) is 45.0 Å². The van der Waals surface area contributed by atoms with Crippen molar-refractivity contribution in [1.82, 2.24) is 9.80 Å². The van der Waals surface area contributed by atoms with Crippen molar-refractivity contribution in [3.63, 3.8) is 0 Å². The van der Waals surface area contributed by atoms with Crippen LogP contribution >= 0.6 is 0 Å². The SMILES string of the molecule is Cc1ccccc1C(=O)N1CCC(C(=O)OC(C)C(=O)N2CC(C)OC(C)C2)CC1. The van der Waals surface area contributed by atoms with Gasteiger partial charge >= 0.3 is 5.97 Å². The number of benzene rings is 1. The van der Waals surface area contributed by atoms with E-state index in [9.17, 15) is 14.4 Å². The van der Waals surface area contributed by atoms with Crippen LogP contribution in [0.3, 0.4) is 0 Å². The van der Waals surface area contributed by atoms with Crippen LogP contribution in [0.5, 0.6) is 0 Å². The molecule has 0 aromatic heterocycles. The Morgan fingerprint density at radius 1 is 1.03 bits per heavy atom. The third-order valence-corrected chi connectivity index (χ3v) is 5.86. The Morgan fingerprint density at radius 3 is 2.23 bits per heavy atom. The second kappa shape index (κ2) is 9.60. The van der Waals surface area contributed by atoms with E-state index in [1.54, 1.807) is 16.7 Å². The smallest absolute Gasteiger partial charge is 0.309 e. The highest BCUT2D eigenvalue weighted by Gasteiger charge is 2.34. The highest BCUT2D eigenvalue weighted by atomic mass is 16.5. The van der Waals surface area contributed by atoms with Gasteiger partial charge in [0, 0.05) is 31.7 Å². The van der Waals surface area contributed by atoms with Crippen molar-refractivity contribution in [2.75, 3.05) is 26.2 Å². The molecule has 2 aliphatic heterocycles. The van der Waals surface area contributed by atoms with Crippen LogP contribution in [0.1, 0.15) is 49.5 Å². The number of likely N-dealkylation sites (tertiary alicyclic amines) is 1. The largest absolute Gasteiger partial charge is 0.452 e. The predicted octanol–water partition coefficient (Wildman–Crippen LogP) is 2.41. The normalized spacial score (nSPS) is 23.7. The lowest BCUT2D eigenvalue weighted by Gasteiger charge is -2.36. The van der Waals surface area contributed by atoms with Crippen LogP contribution in [0.15, 0.2) is 24.3 Å². The highest BCUT2D eigenvalue weighted by Crippen LogP contribution is 2.22. The fourth-order valence-corrected chi connectivity index (χ4v) is 4.24. The number of carbonyl (C=O) groups excluding carboxylic acids is 3. The minimum absolute atomic E-state index is 0.000907. The number of hydrogen-bond donors (Lipinski definition) is 0. The third-order valence-electron chi connectivity index (χ3n) is 5.86. The summed E-state index contributed by atoms with van der Waals surface area (Å²) in [5, 5.41) is 0. The molecule has 2 aliphatic rings. The fraction of sp³-hybridized carbons (Fsp3) is 0.609. The molecule has 164 valence electrons. The summed E-state index contributed by atoms with van der Waals surface area (Å²) in [7, 11) is 0. The van der Waals surface area contributed by atoms with Crippen molar-refractivity contribution >= 4 is 17.8 Å². The number of piperidine rings is 1. The van der Waals surface area contributed by atoms with Gasteiger partial charge in [-0.05, 0) is 52.2 Å². The number of morpholine rings is 1. The predicted molar refractivity (Wildman–Crippen MR) is 112 cm³/mol. The second-order valence-electron chi connectivity index (χ2n) is 8.46. The van der Waals surface area contributed by atoms with Gasteiger partial charge in [-0.15, -0.1) is 0 Å². The van der Waals surface area contributed by atoms with Crippen molar-refractivity contribution in [3.05, 3.63) is 35.4 Å². The molecule has 2 fully saturated rings. The van der Waals surface area contributed by atoms with Crippen molar-refractivity contribution in [2.45, 2.75) is 58.8 Å². The molecule has 3 atom stereocenters. The monoisotopic (exact) mass is 416 g/mol. The van der Waals surface area contributed by atoms with Crippen LogP contribution in [0.2, 0.25) is 0 Å².